The summed E-state index contributed by atoms with van der Waals surface area (Å²) >= 11 is 0. The number of carbonyl (C=O) groups excluding carboxylic acids is 2. The van der Waals surface area contributed by atoms with Crippen molar-refractivity contribution in [2.45, 2.75) is 58.3 Å². The molecule has 0 aliphatic carbocycles. The first-order valence-electron chi connectivity index (χ1n) is 14.2. The fourth-order valence-electron chi connectivity index (χ4n) is 3.38. The van der Waals surface area contributed by atoms with E-state index in [4.69, 9.17) is 4.74 Å². The van der Waals surface area contributed by atoms with E-state index in [1.807, 2.05) is 6.08 Å². The molecule has 0 saturated carbocycles. The Kier molecular flexibility index (Phi) is 20.3. The minimum Gasteiger partial charge on any atom is -0.504 e. The molecule has 224 valence electrons. The summed E-state index contributed by atoms with van der Waals surface area (Å²) in [5.74, 6) is -2.41. The Bertz CT molecular complexity index is 1050. The summed E-state index contributed by atoms with van der Waals surface area (Å²) in [4.78, 5) is 23.9. The molecule has 41 heavy (non-hydrogen) atoms. The van der Waals surface area contributed by atoms with Crippen LogP contribution in [-0.2, 0) is 9.53 Å². The van der Waals surface area contributed by atoms with Gasteiger partial charge < -0.3 is 30.7 Å². The lowest BCUT2D eigenvalue weighted by Gasteiger charge is -2.09. The van der Waals surface area contributed by atoms with Gasteiger partial charge in [0.1, 0.15) is 0 Å². The number of hydrogen-bond donors (Lipinski definition) is 5. The molecule has 5 N–H and O–H groups in total. The molecule has 0 saturated heterocycles. The van der Waals surface area contributed by atoms with E-state index in [1.54, 1.807) is 0 Å². The van der Waals surface area contributed by atoms with Crippen molar-refractivity contribution in [3.63, 3.8) is 0 Å². The van der Waals surface area contributed by atoms with Crippen molar-refractivity contribution < 1.29 is 29.6 Å². The van der Waals surface area contributed by atoms with Crippen LogP contribution in [0.15, 0.2) is 85.0 Å². The average molecular weight is 567 g/mol. The number of benzene rings is 1. The van der Waals surface area contributed by atoms with E-state index in [1.165, 1.54) is 0 Å². The maximum atomic E-state index is 12.0. The highest BCUT2D eigenvalue weighted by atomic mass is 16.5. The van der Waals surface area contributed by atoms with Crippen molar-refractivity contribution in [1.29, 1.82) is 0 Å². The number of hydrogen-bond acceptors (Lipinski definition) is 6. The van der Waals surface area contributed by atoms with Gasteiger partial charge in [0, 0.05) is 25.1 Å². The number of carbonyl (C=O) groups is 2. The molecule has 0 atom stereocenters. The quantitative estimate of drug-likeness (QED) is 0.0690. The third kappa shape index (κ3) is 18.8. The molecule has 0 aromatic heterocycles. The lowest BCUT2D eigenvalue weighted by molar-refractivity contribution is -0.121. The van der Waals surface area contributed by atoms with Gasteiger partial charge in [0.2, 0.25) is 5.91 Å². The summed E-state index contributed by atoms with van der Waals surface area (Å²) in [5, 5.41) is 33.6. The van der Waals surface area contributed by atoms with Gasteiger partial charge in [-0.2, -0.15) is 0 Å². The fraction of sp³-hybridized carbons (Fsp3) is 0.394. The molecule has 1 rings (SSSR count). The summed E-state index contributed by atoms with van der Waals surface area (Å²) in [6.07, 6.45) is 32.6. The van der Waals surface area contributed by atoms with Crippen LogP contribution >= 0.6 is 0 Å². The molecule has 8 heteroatoms. The van der Waals surface area contributed by atoms with Gasteiger partial charge in [-0.1, -0.05) is 79.8 Å². The Morgan fingerprint density at radius 3 is 1.61 bits per heavy atom. The van der Waals surface area contributed by atoms with Gasteiger partial charge in [0.25, 0.3) is 5.91 Å². The summed E-state index contributed by atoms with van der Waals surface area (Å²) < 4.78 is 5.38. The van der Waals surface area contributed by atoms with Gasteiger partial charge in [-0.05, 0) is 57.1 Å². The second-order valence-corrected chi connectivity index (χ2v) is 9.04. The maximum Gasteiger partial charge on any atom is 0.251 e. The zero-order valence-electron chi connectivity index (χ0n) is 24.1. The minimum absolute atomic E-state index is 0.0111. The summed E-state index contributed by atoms with van der Waals surface area (Å²) in [6, 6.07) is 2.11. The minimum atomic E-state index is -0.677. The molecule has 0 unspecified atom stereocenters. The Hall–Kier alpha value is -4.04. The maximum absolute atomic E-state index is 12.0. The monoisotopic (exact) mass is 566 g/mol. The number of amides is 2. The number of aromatic hydroxyl groups is 3. The molecule has 0 aliphatic rings. The van der Waals surface area contributed by atoms with Crippen LogP contribution in [-0.4, -0.2) is 53.4 Å². The lowest BCUT2D eigenvalue weighted by atomic mass is 10.1. The van der Waals surface area contributed by atoms with Crippen LogP contribution in [0, 0.1) is 0 Å². The van der Waals surface area contributed by atoms with Crippen molar-refractivity contribution >= 4 is 11.8 Å². The normalized spacial score (nSPS) is 12.2. The summed E-state index contributed by atoms with van der Waals surface area (Å²) in [6.45, 7) is 3.26. The highest BCUT2D eigenvalue weighted by Gasteiger charge is 2.13. The van der Waals surface area contributed by atoms with Crippen LogP contribution in [0.4, 0.5) is 0 Å². The molecule has 0 aliphatic heterocycles. The number of phenols is 3. The van der Waals surface area contributed by atoms with Crippen molar-refractivity contribution in [3.8, 4) is 17.2 Å². The van der Waals surface area contributed by atoms with E-state index in [-0.39, 0.29) is 24.6 Å². The predicted molar refractivity (Wildman–Crippen MR) is 165 cm³/mol. The molecule has 1 aromatic rings. The highest BCUT2D eigenvalue weighted by molar-refractivity contribution is 5.95. The van der Waals surface area contributed by atoms with Crippen LogP contribution in [0.5, 0.6) is 17.2 Å². The number of ether oxygens (including phenoxy) is 1. The second-order valence-electron chi connectivity index (χ2n) is 9.04. The summed E-state index contributed by atoms with van der Waals surface area (Å²) in [5.41, 5.74) is 0.0111. The average Bonchev–Trinajstić information content (AvgIpc) is 2.96. The number of phenolic OH excluding ortho intramolecular Hbond substituents is 3. The first-order chi connectivity index (χ1) is 20.0. The topological polar surface area (TPSA) is 128 Å². The molecule has 0 fully saturated rings. The zero-order valence-corrected chi connectivity index (χ0v) is 24.1. The van der Waals surface area contributed by atoms with E-state index in [9.17, 15) is 24.9 Å². The van der Waals surface area contributed by atoms with E-state index in [2.05, 4.69) is 84.4 Å². The molecule has 2 amide bonds. The van der Waals surface area contributed by atoms with E-state index in [0.29, 0.717) is 26.0 Å². The molecule has 1 aromatic carbocycles. The van der Waals surface area contributed by atoms with E-state index in [0.717, 1.165) is 50.7 Å². The molecular formula is C33H46N2O6. The van der Waals surface area contributed by atoms with Gasteiger partial charge in [-0.3, -0.25) is 9.59 Å². The standard InChI is InChI=1S/C33H46N2O6/c1-2-3-4-5-6-7-8-9-10-11-12-13-14-15-16-17-18-19-20-21-31(38)34-22-24-41-25-23-35-33(40)28-26-29(36)32(39)30(37)27-28/h3-4,6-7,9-10,12-13,15-16,18-19,26-27,36-37,39H,2,5,8,11,14,17,20-25H2,1H3,(H,34,38)(H,35,40). The van der Waals surface area contributed by atoms with Crippen LogP contribution in [0.25, 0.3) is 0 Å². The van der Waals surface area contributed by atoms with Gasteiger partial charge in [-0.15, -0.1) is 0 Å². The lowest BCUT2D eigenvalue weighted by Crippen LogP contribution is -2.30. The molecular weight excluding hydrogens is 520 g/mol. The Morgan fingerprint density at radius 1 is 0.683 bits per heavy atom. The third-order valence-corrected chi connectivity index (χ3v) is 5.57. The van der Waals surface area contributed by atoms with E-state index >= 15 is 0 Å². The van der Waals surface area contributed by atoms with Crippen LogP contribution in [0.3, 0.4) is 0 Å². The van der Waals surface area contributed by atoms with Crippen LogP contribution in [0.1, 0.15) is 68.6 Å². The third-order valence-electron chi connectivity index (χ3n) is 5.57. The molecule has 0 spiro atoms. The largest absolute Gasteiger partial charge is 0.504 e. The van der Waals surface area contributed by atoms with Crippen molar-refractivity contribution in [1.82, 2.24) is 10.6 Å². The Balaban J connectivity index is 1.97. The SMILES string of the molecule is CCC=CCC=CCC=CCC=CCC=CCC=CCCC(=O)NCCOCCNC(=O)c1cc(O)c(O)c(O)c1. The number of nitrogens with one attached hydrogen (secondary N) is 2. The number of rotatable bonds is 21. The van der Waals surface area contributed by atoms with Gasteiger partial charge in [0.05, 0.1) is 13.2 Å². The number of allylic oxidation sites excluding steroid dienone is 12. The first-order valence-corrected chi connectivity index (χ1v) is 14.2. The Labute approximate surface area is 244 Å². The zero-order chi connectivity index (χ0) is 30.0. The fourth-order valence-corrected chi connectivity index (χ4v) is 3.38. The highest BCUT2D eigenvalue weighted by Crippen LogP contribution is 2.35. The first kappa shape index (κ1) is 35.0. The molecule has 0 bridgehead atoms. The van der Waals surface area contributed by atoms with Gasteiger partial charge in [0.15, 0.2) is 17.2 Å². The van der Waals surface area contributed by atoms with Crippen LogP contribution < -0.4 is 10.6 Å². The smallest absolute Gasteiger partial charge is 0.251 e. The molecule has 8 nitrogen and oxygen atoms in total. The van der Waals surface area contributed by atoms with Crippen molar-refractivity contribution in [2.24, 2.45) is 0 Å². The second kappa shape index (κ2) is 23.8. The Morgan fingerprint density at radius 2 is 1.12 bits per heavy atom. The van der Waals surface area contributed by atoms with E-state index < -0.39 is 23.2 Å². The summed E-state index contributed by atoms with van der Waals surface area (Å²) in [7, 11) is 0. The predicted octanol–water partition coefficient (Wildman–Crippen LogP) is 6.14. The molecule has 0 radical (unpaired) electrons. The molecule has 0 heterocycles. The van der Waals surface area contributed by atoms with Crippen LogP contribution in [0.2, 0.25) is 0 Å². The van der Waals surface area contributed by atoms with Crippen molar-refractivity contribution in [2.75, 3.05) is 26.3 Å². The van der Waals surface area contributed by atoms with Crippen molar-refractivity contribution in [3.05, 3.63) is 90.6 Å². The van der Waals surface area contributed by atoms with Gasteiger partial charge >= 0.3 is 0 Å². The van der Waals surface area contributed by atoms with Gasteiger partial charge in [-0.25, -0.2) is 0 Å².